The van der Waals surface area contributed by atoms with Gasteiger partial charge in [-0.15, -0.1) is 23.1 Å². The highest BCUT2D eigenvalue weighted by Crippen LogP contribution is 2.26. The summed E-state index contributed by atoms with van der Waals surface area (Å²) in [5.41, 5.74) is 0. The number of carbonyl (C=O) groups excluding carboxylic acids is 1. The second-order valence-corrected chi connectivity index (χ2v) is 4.76. The molecule has 0 aliphatic rings. The number of thiophene rings is 1. The summed E-state index contributed by atoms with van der Waals surface area (Å²) in [6.45, 7) is 3.71. The summed E-state index contributed by atoms with van der Waals surface area (Å²) in [4.78, 5) is 11.7. The number of hydrogen-bond donors (Lipinski definition) is 0. The zero-order chi connectivity index (χ0) is 8.27. The number of rotatable bonds is 3. The van der Waals surface area contributed by atoms with Crippen LogP contribution >= 0.6 is 23.1 Å². The molecule has 0 bridgehead atoms. The van der Waals surface area contributed by atoms with E-state index < -0.39 is 0 Å². The van der Waals surface area contributed by atoms with Crippen molar-refractivity contribution in [2.24, 2.45) is 0 Å². The minimum Gasteiger partial charge on any atom is -0.294 e. The summed E-state index contributed by atoms with van der Waals surface area (Å²) in [7, 11) is 0. The molecule has 0 radical (unpaired) electrons. The van der Waals surface area contributed by atoms with Crippen LogP contribution in [-0.4, -0.2) is 11.5 Å². The lowest BCUT2D eigenvalue weighted by Crippen LogP contribution is -1.83. The third kappa shape index (κ3) is 2.34. The molecule has 0 N–H and O–H groups in total. The smallest absolute Gasteiger partial charge is 0.169 e. The number of ketones is 1. The zero-order valence-electron chi connectivity index (χ0n) is 6.59. The van der Waals surface area contributed by atoms with Crippen molar-refractivity contribution in [3.8, 4) is 0 Å². The van der Waals surface area contributed by atoms with E-state index in [0.717, 1.165) is 10.6 Å². The van der Waals surface area contributed by atoms with Crippen molar-refractivity contribution in [1.29, 1.82) is 0 Å². The van der Waals surface area contributed by atoms with Gasteiger partial charge in [-0.25, -0.2) is 0 Å². The largest absolute Gasteiger partial charge is 0.294 e. The fraction of sp³-hybridized carbons (Fsp3) is 0.375. The van der Waals surface area contributed by atoms with Crippen LogP contribution in [0.1, 0.15) is 23.5 Å². The maximum absolute atomic E-state index is 10.9. The Morgan fingerprint density at radius 2 is 2.36 bits per heavy atom. The lowest BCUT2D eigenvalue weighted by atomic mass is 10.4. The number of Topliss-reactive ketones (excluding diaryl/α,β-unsaturated/α-hetero) is 1. The van der Waals surface area contributed by atoms with E-state index in [0.29, 0.717) is 0 Å². The van der Waals surface area contributed by atoms with Crippen molar-refractivity contribution in [1.82, 2.24) is 0 Å². The van der Waals surface area contributed by atoms with Crippen molar-refractivity contribution in [3.63, 3.8) is 0 Å². The average Bonchev–Trinajstić information content (AvgIpc) is 2.37. The van der Waals surface area contributed by atoms with Gasteiger partial charge in [-0.2, -0.15) is 0 Å². The van der Waals surface area contributed by atoms with E-state index in [-0.39, 0.29) is 5.78 Å². The first-order valence-corrected chi connectivity index (χ1v) is 5.28. The number of thioether (sulfide) groups is 1. The van der Waals surface area contributed by atoms with E-state index in [1.807, 2.05) is 12.1 Å². The summed E-state index contributed by atoms with van der Waals surface area (Å²) in [6, 6.07) is 3.90. The molecule has 0 fully saturated rings. The van der Waals surface area contributed by atoms with Crippen LogP contribution in [0.3, 0.4) is 0 Å². The van der Waals surface area contributed by atoms with Gasteiger partial charge in [0, 0.05) is 0 Å². The van der Waals surface area contributed by atoms with Crippen LogP contribution in [0, 0.1) is 0 Å². The SMILES string of the molecule is CCSc1ccc(C(C)=O)s1. The van der Waals surface area contributed by atoms with Crippen LogP contribution in [-0.2, 0) is 0 Å². The topological polar surface area (TPSA) is 17.1 Å². The molecule has 0 spiro atoms. The maximum atomic E-state index is 10.9. The molecule has 1 heterocycles. The van der Waals surface area contributed by atoms with Crippen molar-refractivity contribution in [3.05, 3.63) is 17.0 Å². The molecule has 0 aliphatic heterocycles. The van der Waals surface area contributed by atoms with Gasteiger partial charge in [0.25, 0.3) is 0 Å². The highest BCUT2D eigenvalue weighted by molar-refractivity contribution is 8.01. The summed E-state index contributed by atoms with van der Waals surface area (Å²) in [5, 5.41) is 0. The first kappa shape index (κ1) is 8.81. The summed E-state index contributed by atoms with van der Waals surface area (Å²) >= 11 is 3.36. The van der Waals surface area contributed by atoms with Crippen molar-refractivity contribution >= 4 is 28.9 Å². The highest BCUT2D eigenvalue weighted by Gasteiger charge is 2.02. The van der Waals surface area contributed by atoms with Crippen LogP contribution in [0.15, 0.2) is 16.3 Å². The van der Waals surface area contributed by atoms with Crippen LogP contribution in [0.2, 0.25) is 0 Å². The quantitative estimate of drug-likeness (QED) is 0.533. The minimum atomic E-state index is 0.165. The molecule has 0 saturated heterocycles. The van der Waals surface area contributed by atoms with Crippen LogP contribution in [0.5, 0.6) is 0 Å². The maximum Gasteiger partial charge on any atom is 0.169 e. The molecule has 0 saturated carbocycles. The van der Waals surface area contributed by atoms with Crippen LogP contribution < -0.4 is 0 Å². The van der Waals surface area contributed by atoms with Crippen LogP contribution in [0.25, 0.3) is 0 Å². The lowest BCUT2D eigenvalue weighted by molar-refractivity contribution is 0.102. The summed E-state index contributed by atoms with van der Waals surface area (Å²) < 4.78 is 1.23. The third-order valence-electron chi connectivity index (χ3n) is 1.21. The monoisotopic (exact) mass is 186 g/mol. The van der Waals surface area contributed by atoms with E-state index >= 15 is 0 Å². The highest BCUT2D eigenvalue weighted by atomic mass is 32.2. The fourth-order valence-corrected chi connectivity index (χ4v) is 2.67. The average molecular weight is 186 g/mol. The van der Waals surface area contributed by atoms with Crippen LogP contribution in [0.4, 0.5) is 0 Å². The van der Waals surface area contributed by atoms with Gasteiger partial charge in [0.15, 0.2) is 5.78 Å². The third-order valence-corrected chi connectivity index (χ3v) is 3.51. The first-order chi connectivity index (χ1) is 5.24. The van der Waals surface area contributed by atoms with Crippen molar-refractivity contribution < 1.29 is 4.79 Å². The molecule has 60 valence electrons. The van der Waals surface area contributed by atoms with Gasteiger partial charge in [0.1, 0.15) is 0 Å². The second-order valence-electron chi connectivity index (χ2n) is 2.11. The van der Waals surface area contributed by atoms with Crippen molar-refractivity contribution in [2.45, 2.75) is 18.1 Å². The molecule has 3 heteroatoms. The van der Waals surface area contributed by atoms with Crippen molar-refractivity contribution in [2.75, 3.05) is 5.75 Å². The molecular formula is C8H10OS2. The predicted molar refractivity (Wildman–Crippen MR) is 50.7 cm³/mol. The predicted octanol–water partition coefficient (Wildman–Crippen LogP) is 3.06. The summed E-state index contributed by atoms with van der Waals surface area (Å²) in [5.74, 6) is 1.23. The second kappa shape index (κ2) is 3.93. The Morgan fingerprint density at radius 3 is 2.82 bits per heavy atom. The Balaban J connectivity index is 2.73. The Kier molecular flexibility index (Phi) is 3.15. The molecule has 0 aromatic carbocycles. The molecule has 1 rings (SSSR count). The Morgan fingerprint density at radius 1 is 1.64 bits per heavy atom. The van der Waals surface area contributed by atoms with Gasteiger partial charge in [-0.3, -0.25) is 4.79 Å². The molecule has 0 unspecified atom stereocenters. The molecule has 1 aromatic heterocycles. The van der Waals surface area contributed by atoms with E-state index in [4.69, 9.17) is 0 Å². The van der Waals surface area contributed by atoms with Gasteiger partial charge in [-0.05, 0) is 24.8 Å². The molecule has 0 amide bonds. The lowest BCUT2D eigenvalue weighted by Gasteiger charge is -1.88. The summed E-state index contributed by atoms with van der Waals surface area (Å²) in [6.07, 6.45) is 0. The number of carbonyl (C=O) groups is 1. The van der Waals surface area contributed by atoms with E-state index in [1.165, 1.54) is 4.21 Å². The Labute approximate surface area is 74.8 Å². The van der Waals surface area contributed by atoms with E-state index in [2.05, 4.69) is 6.92 Å². The molecule has 0 aliphatic carbocycles. The van der Waals surface area contributed by atoms with E-state index in [1.54, 1.807) is 30.0 Å². The standard InChI is InChI=1S/C8H10OS2/c1-3-10-8-5-4-7(11-8)6(2)9/h4-5H,3H2,1-2H3. The Bertz CT molecular complexity index is 252. The fourth-order valence-electron chi connectivity index (χ4n) is 0.729. The van der Waals surface area contributed by atoms with E-state index in [9.17, 15) is 4.79 Å². The Hall–Kier alpha value is -0.280. The van der Waals surface area contributed by atoms with Gasteiger partial charge in [0.2, 0.25) is 0 Å². The first-order valence-electron chi connectivity index (χ1n) is 3.47. The zero-order valence-corrected chi connectivity index (χ0v) is 8.22. The molecular weight excluding hydrogens is 176 g/mol. The minimum absolute atomic E-state index is 0.165. The van der Waals surface area contributed by atoms with Gasteiger partial charge >= 0.3 is 0 Å². The number of hydrogen-bond acceptors (Lipinski definition) is 3. The van der Waals surface area contributed by atoms with Gasteiger partial charge in [-0.1, -0.05) is 6.92 Å². The van der Waals surface area contributed by atoms with Gasteiger partial charge < -0.3 is 0 Å². The molecule has 0 atom stereocenters. The molecule has 11 heavy (non-hydrogen) atoms. The van der Waals surface area contributed by atoms with Gasteiger partial charge in [0.05, 0.1) is 9.09 Å². The normalized spacial score (nSPS) is 10.0. The molecule has 1 aromatic rings. The molecule has 1 nitrogen and oxygen atoms in total.